The number of carbonyl (C=O) groups is 1. The van der Waals surface area contributed by atoms with Gasteiger partial charge in [-0.15, -0.1) is 0 Å². The van der Waals surface area contributed by atoms with Gasteiger partial charge in [-0.25, -0.2) is 4.39 Å². The van der Waals surface area contributed by atoms with Gasteiger partial charge in [0, 0.05) is 17.7 Å². The molecule has 110 valence electrons. The summed E-state index contributed by atoms with van der Waals surface area (Å²) in [5.41, 5.74) is 5.33. The van der Waals surface area contributed by atoms with Gasteiger partial charge in [-0.05, 0) is 6.07 Å². The highest BCUT2D eigenvalue weighted by molar-refractivity contribution is 5.97. The van der Waals surface area contributed by atoms with Crippen molar-refractivity contribution in [1.82, 2.24) is 5.32 Å². The van der Waals surface area contributed by atoms with Gasteiger partial charge in [-0.3, -0.25) is 4.79 Å². The molecule has 1 aromatic rings. The summed E-state index contributed by atoms with van der Waals surface area (Å²) in [5.74, 6) is -2.35. The Kier molecular flexibility index (Phi) is 4.89. The van der Waals surface area contributed by atoms with Crippen LogP contribution in [0.4, 0.5) is 17.6 Å². The van der Waals surface area contributed by atoms with E-state index in [-0.39, 0.29) is 17.0 Å². The first-order valence-corrected chi connectivity index (χ1v) is 5.32. The third-order valence-electron chi connectivity index (χ3n) is 2.29. The maximum absolute atomic E-state index is 13.6. The van der Waals surface area contributed by atoms with Gasteiger partial charge in [0.15, 0.2) is 5.84 Å². The maximum atomic E-state index is 13.6. The molecule has 0 aliphatic heterocycles. The molecule has 0 aliphatic carbocycles. The molecule has 0 fully saturated rings. The van der Waals surface area contributed by atoms with Crippen molar-refractivity contribution in [3.05, 3.63) is 35.1 Å². The topological polar surface area (TPSA) is 87.7 Å². The van der Waals surface area contributed by atoms with Gasteiger partial charge in [0.2, 0.25) is 5.91 Å². The Morgan fingerprint density at radius 2 is 2.05 bits per heavy atom. The quantitative estimate of drug-likeness (QED) is 0.258. The average molecular weight is 293 g/mol. The Hall–Kier alpha value is -2.32. The number of oxime groups is 1. The summed E-state index contributed by atoms with van der Waals surface area (Å²) in [6.45, 7) is -0.392. The maximum Gasteiger partial charge on any atom is 0.397 e. The van der Waals surface area contributed by atoms with Crippen LogP contribution in [0.25, 0.3) is 0 Å². The monoisotopic (exact) mass is 293 g/mol. The summed E-state index contributed by atoms with van der Waals surface area (Å²) in [5, 5.41) is 13.0. The van der Waals surface area contributed by atoms with E-state index < -0.39 is 30.9 Å². The fourth-order valence-corrected chi connectivity index (χ4v) is 1.35. The number of nitrogens with one attached hydrogen (secondary N) is 1. The standard InChI is InChI=1S/C11H11F4N3O2/c12-8-3-6(10(16)18-20)1-2-7(8)5-17-9(19)4-11(13,14)15/h1-3,20H,4-5H2,(H2,16,18)(H,17,19). The zero-order valence-electron chi connectivity index (χ0n) is 10.0. The number of amidine groups is 1. The lowest BCUT2D eigenvalue weighted by Gasteiger charge is -2.09. The second-order valence-corrected chi connectivity index (χ2v) is 3.86. The number of benzene rings is 1. The molecule has 0 aliphatic rings. The van der Waals surface area contributed by atoms with Gasteiger partial charge in [0.25, 0.3) is 0 Å². The van der Waals surface area contributed by atoms with E-state index in [1.165, 1.54) is 12.1 Å². The van der Waals surface area contributed by atoms with E-state index in [2.05, 4.69) is 5.16 Å². The number of hydrogen-bond donors (Lipinski definition) is 3. The second-order valence-electron chi connectivity index (χ2n) is 3.86. The minimum Gasteiger partial charge on any atom is -0.409 e. The van der Waals surface area contributed by atoms with Crippen molar-refractivity contribution >= 4 is 11.7 Å². The summed E-state index contributed by atoms with van der Waals surface area (Å²) >= 11 is 0. The molecule has 0 radical (unpaired) electrons. The summed E-state index contributed by atoms with van der Waals surface area (Å²) in [7, 11) is 0. The Labute approximate surface area is 111 Å². The van der Waals surface area contributed by atoms with Crippen LogP contribution in [0, 0.1) is 5.82 Å². The number of carbonyl (C=O) groups excluding carboxylic acids is 1. The first-order chi connectivity index (χ1) is 9.23. The average Bonchev–Trinajstić information content (AvgIpc) is 2.34. The lowest BCUT2D eigenvalue weighted by atomic mass is 10.1. The molecule has 0 atom stereocenters. The number of nitrogens with two attached hydrogens (primary N) is 1. The molecule has 0 unspecified atom stereocenters. The third-order valence-corrected chi connectivity index (χ3v) is 2.29. The van der Waals surface area contributed by atoms with E-state index in [1.807, 2.05) is 5.32 Å². The first-order valence-electron chi connectivity index (χ1n) is 5.32. The van der Waals surface area contributed by atoms with Crippen molar-refractivity contribution in [2.45, 2.75) is 19.1 Å². The lowest BCUT2D eigenvalue weighted by molar-refractivity contribution is -0.153. The fraction of sp³-hybridized carbons (Fsp3) is 0.273. The number of hydrogen-bond acceptors (Lipinski definition) is 3. The predicted molar refractivity (Wildman–Crippen MR) is 61.4 cm³/mol. The first kappa shape index (κ1) is 15.7. The van der Waals surface area contributed by atoms with Crippen molar-refractivity contribution < 1.29 is 27.6 Å². The van der Waals surface area contributed by atoms with Crippen molar-refractivity contribution in [1.29, 1.82) is 0 Å². The fourth-order valence-electron chi connectivity index (χ4n) is 1.35. The number of nitrogens with zero attached hydrogens (tertiary/aromatic N) is 1. The van der Waals surface area contributed by atoms with Gasteiger partial charge in [0.1, 0.15) is 12.2 Å². The molecular weight excluding hydrogens is 282 g/mol. The van der Waals surface area contributed by atoms with Crippen molar-refractivity contribution in [2.75, 3.05) is 0 Å². The van der Waals surface area contributed by atoms with Crippen LogP contribution in [-0.2, 0) is 11.3 Å². The van der Waals surface area contributed by atoms with Crippen LogP contribution in [0.15, 0.2) is 23.4 Å². The lowest BCUT2D eigenvalue weighted by Crippen LogP contribution is -2.28. The molecule has 20 heavy (non-hydrogen) atoms. The highest BCUT2D eigenvalue weighted by Crippen LogP contribution is 2.19. The second kappa shape index (κ2) is 6.22. The molecular formula is C11H11F4N3O2. The van der Waals surface area contributed by atoms with Crippen LogP contribution >= 0.6 is 0 Å². The smallest absolute Gasteiger partial charge is 0.397 e. The van der Waals surface area contributed by atoms with Gasteiger partial charge in [-0.2, -0.15) is 13.2 Å². The van der Waals surface area contributed by atoms with Crippen LogP contribution in [-0.4, -0.2) is 23.1 Å². The van der Waals surface area contributed by atoms with Gasteiger partial charge in [-0.1, -0.05) is 17.3 Å². The number of halogens is 4. The Morgan fingerprint density at radius 1 is 1.40 bits per heavy atom. The van der Waals surface area contributed by atoms with Crippen LogP contribution in [0.2, 0.25) is 0 Å². The Morgan fingerprint density at radius 3 is 2.55 bits per heavy atom. The summed E-state index contributed by atoms with van der Waals surface area (Å²) < 4.78 is 49.3. The number of rotatable bonds is 4. The minimum atomic E-state index is -4.61. The molecule has 1 aromatic carbocycles. The molecule has 4 N–H and O–H groups in total. The molecule has 0 spiro atoms. The molecule has 0 saturated carbocycles. The zero-order valence-corrected chi connectivity index (χ0v) is 10.0. The van der Waals surface area contributed by atoms with E-state index in [0.29, 0.717) is 0 Å². The van der Waals surface area contributed by atoms with Crippen LogP contribution in [0.5, 0.6) is 0 Å². The minimum absolute atomic E-state index is 0.0185. The Bertz CT molecular complexity index is 529. The van der Waals surface area contributed by atoms with E-state index in [4.69, 9.17) is 10.9 Å². The van der Waals surface area contributed by atoms with Gasteiger partial charge >= 0.3 is 6.18 Å². The Balaban J connectivity index is 2.68. The molecule has 5 nitrogen and oxygen atoms in total. The number of amides is 1. The van der Waals surface area contributed by atoms with Crippen molar-refractivity contribution in [2.24, 2.45) is 10.9 Å². The summed E-state index contributed by atoms with van der Waals surface area (Å²) in [4.78, 5) is 10.9. The molecule has 0 saturated heterocycles. The SMILES string of the molecule is NC(=NO)c1ccc(CNC(=O)CC(F)(F)F)c(F)c1. The molecule has 0 aromatic heterocycles. The molecule has 0 heterocycles. The van der Waals surface area contributed by atoms with Gasteiger partial charge < -0.3 is 16.3 Å². The van der Waals surface area contributed by atoms with Crippen molar-refractivity contribution in [3.63, 3.8) is 0 Å². The summed E-state index contributed by atoms with van der Waals surface area (Å²) in [6.07, 6.45) is -6.24. The number of alkyl halides is 3. The normalized spacial score (nSPS) is 12.3. The van der Waals surface area contributed by atoms with E-state index in [0.717, 1.165) is 6.07 Å². The van der Waals surface area contributed by atoms with E-state index in [1.54, 1.807) is 0 Å². The van der Waals surface area contributed by atoms with Crippen LogP contribution in [0.3, 0.4) is 0 Å². The van der Waals surface area contributed by atoms with Crippen LogP contribution in [0.1, 0.15) is 17.5 Å². The summed E-state index contributed by atoms with van der Waals surface area (Å²) in [6, 6.07) is 3.47. The van der Waals surface area contributed by atoms with Gasteiger partial charge in [0.05, 0.1) is 0 Å². The van der Waals surface area contributed by atoms with Crippen molar-refractivity contribution in [3.8, 4) is 0 Å². The predicted octanol–water partition coefficient (Wildman–Crippen LogP) is 1.49. The molecule has 9 heteroatoms. The van der Waals surface area contributed by atoms with E-state index in [9.17, 15) is 22.4 Å². The molecule has 1 amide bonds. The van der Waals surface area contributed by atoms with Crippen LogP contribution < -0.4 is 11.1 Å². The molecule has 1 rings (SSSR count). The molecule has 0 bridgehead atoms. The largest absolute Gasteiger partial charge is 0.409 e. The third kappa shape index (κ3) is 4.75. The van der Waals surface area contributed by atoms with E-state index >= 15 is 0 Å². The highest BCUT2D eigenvalue weighted by atomic mass is 19.4. The highest BCUT2D eigenvalue weighted by Gasteiger charge is 2.31. The zero-order chi connectivity index (χ0) is 15.3.